The van der Waals surface area contributed by atoms with Gasteiger partial charge in [0.05, 0.1) is 0 Å². The van der Waals surface area contributed by atoms with Crippen molar-refractivity contribution in [1.29, 1.82) is 0 Å². The fourth-order valence-corrected chi connectivity index (χ4v) is 2.64. The third-order valence-electron chi connectivity index (χ3n) is 3.88. The number of aromatic carboxylic acids is 1. The maximum Gasteiger partial charge on any atom is 0.358 e. The molecule has 1 saturated carbocycles. The molecule has 0 aliphatic heterocycles. The van der Waals surface area contributed by atoms with Gasteiger partial charge < -0.3 is 10.4 Å². The van der Waals surface area contributed by atoms with Crippen molar-refractivity contribution < 1.29 is 9.90 Å². The van der Waals surface area contributed by atoms with Crippen molar-refractivity contribution in [3.8, 4) is 0 Å². The standard InChI is InChI=1S/C14H21N3O2/c1-10-2-4-11(5-3-10)6-7-16-13-12(14(18)19)15-8-9-17-13/h8-11H,2-7H2,1H3,(H,16,17)(H,18,19). The summed E-state index contributed by atoms with van der Waals surface area (Å²) in [4.78, 5) is 18.8. The molecular weight excluding hydrogens is 242 g/mol. The highest BCUT2D eigenvalue weighted by Crippen LogP contribution is 2.30. The largest absolute Gasteiger partial charge is 0.476 e. The van der Waals surface area contributed by atoms with Gasteiger partial charge in [-0.3, -0.25) is 0 Å². The van der Waals surface area contributed by atoms with E-state index < -0.39 is 5.97 Å². The number of rotatable bonds is 5. The Hall–Kier alpha value is -1.65. The molecule has 0 bridgehead atoms. The fraction of sp³-hybridized carbons (Fsp3) is 0.643. The SMILES string of the molecule is CC1CCC(CCNc2nccnc2C(=O)O)CC1. The smallest absolute Gasteiger partial charge is 0.358 e. The highest BCUT2D eigenvalue weighted by atomic mass is 16.4. The minimum atomic E-state index is -1.04. The van der Waals surface area contributed by atoms with Gasteiger partial charge >= 0.3 is 5.97 Å². The lowest BCUT2D eigenvalue weighted by atomic mass is 9.81. The van der Waals surface area contributed by atoms with Crippen LogP contribution in [0.5, 0.6) is 0 Å². The molecule has 2 rings (SSSR count). The Kier molecular flexibility index (Phi) is 4.71. The van der Waals surface area contributed by atoms with Crippen LogP contribution in [0.3, 0.4) is 0 Å². The lowest BCUT2D eigenvalue weighted by Gasteiger charge is -2.26. The maximum atomic E-state index is 11.0. The number of anilines is 1. The molecule has 2 N–H and O–H groups in total. The predicted molar refractivity (Wildman–Crippen MR) is 73.2 cm³/mol. The molecule has 1 fully saturated rings. The van der Waals surface area contributed by atoms with Crippen LogP contribution in [-0.2, 0) is 0 Å². The lowest BCUT2D eigenvalue weighted by molar-refractivity contribution is 0.0691. The van der Waals surface area contributed by atoms with Gasteiger partial charge in [0.1, 0.15) is 0 Å². The van der Waals surface area contributed by atoms with Crippen LogP contribution in [0.1, 0.15) is 49.5 Å². The van der Waals surface area contributed by atoms with E-state index in [0.29, 0.717) is 5.82 Å². The van der Waals surface area contributed by atoms with Gasteiger partial charge in [0.15, 0.2) is 11.5 Å². The molecule has 19 heavy (non-hydrogen) atoms. The average molecular weight is 263 g/mol. The number of carbonyl (C=O) groups is 1. The molecule has 1 aromatic rings. The van der Waals surface area contributed by atoms with E-state index in [0.717, 1.165) is 24.8 Å². The molecule has 1 aromatic heterocycles. The Balaban J connectivity index is 1.81. The van der Waals surface area contributed by atoms with Crippen LogP contribution in [0.15, 0.2) is 12.4 Å². The summed E-state index contributed by atoms with van der Waals surface area (Å²) in [5, 5.41) is 12.1. The molecule has 1 aliphatic carbocycles. The Labute approximate surface area is 113 Å². The summed E-state index contributed by atoms with van der Waals surface area (Å²) in [5.41, 5.74) is -0.000216. The minimum Gasteiger partial charge on any atom is -0.476 e. The monoisotopic (exact) mass is 263 g/mol. The molecule has 0 aromatic carbocycles. The van der Waals surface area contributed by atoms with Crippen LogP contribution in [0.25, 0.3) is 0 Å². The van der Waals surface area contributed by atoms with E-state index in [1.54, 1.807) is 0 Å². The van der Waals surface area contributed by atoms with Gasteiger partial charge in [-0.1, -0.05) is 32.6 Å². The third kappa shape index (κ3) is 3.91. The van der Waals surface area contributed by atoms with Crippen molar-refractivity contribution in [3.63, 3.8) is 0 Å². The second-order valence-electron chi connectivity index (χ2n) is 5.40. The highest BCUT2D eigenvalue weighted by molar-refractivity contribution is 5.90. The zero-order chi connectivity index (χ0) is 13.7. The molecule has 5 nitrogen and oxygen atoms in total. The first-order chi connectivity index (χ1) is 9.16. The van der Waals surface area contributed by atoms with Crippen LogP contribution in [-0.4, -0.2) is 27.6 Å². The zero-order valence-electron chi connectivity index (χ0n) is 11.3. The third-order valence-corrected chi connectivity index (χ3v) is 3.88. The Bertz CT molecular complexity index is 428. The van der Waals surface area contributed by atoms with Gasteiger partial charge in [-0.05, 0) is 18.3 Å². The first kappa shape index (κ1) is 13.8. The number of aromatic nitrogens is 2. The van der Waals surface area contributed by atoms with Crippen LogP contribution in [0, 0.1) is 11.8 Å². The summed E-state index contributed by atoms with van der Waals surface area (Å²) in [5.74, 6) is 0.956. The van der Waals surface area contributed by atoms with Crippen molar-refractivity contribution in [3.05, 3.63) is 18.1 Å². The Morgan fingerprint density at radius 2 is 2.00 bits per heavy atom. The van der Waals surface area contributed by atoms with Crippen molar-refractivity contribution in [1.82, 2.24) is 9.97 Å². The van der Waals surface area contributed by atoms with E-state index in [9.17, 15) is 4.79 Å². The molecule has 0 unspecified atom stereocenters. The molecule has 0 spiro atoms. The molecule has 1 heterocycles. The number of nitrogens with zero attached hydrogens (tertiary/aromatic N) is 2. The average Bonchev–Trinajstić information content (AvgIpc) is 2.41. The van der Waals surface area contributed by atoms with Crippen molar-refractivity contribution in [2.75, 3.05) is 11.9 Å². The molecule has 104 valence electrons. The Morgan fingerprint density at radius 1 is 1.32 bits per heavy atom. The molecule has 0 atom stereocenters. The maximum absolute atomic E-state index is 11.0. The number of nitrogens with one attached hydrogen (secondary N) is 1. The van der Waals surface area contributed by atoms with Gasteiger partial charge in [0, 0.05) is 18.9 Å². The van der Waals surface area contributed by atoms with E-state index in [4.69, 9.17) is 5.11 Å². The van der Waals surface area contributed by atoms with Gasteiger partial charge in [-0.25, -0.2) is 14.8 Å². The van der Waals surface area contributed by atoms with Gasteiger partial charge in [-0.15, -0.1) is 0 Å². The van der Waals surface area contributed by atoms with Crippen molar-refractivity contribution >= 4 is 11.8 Å². The topological polar surface area (TPSA) is 75.1 Å². The van der Waals surface area contributed by atoms with Crippen LogP contribution in [0.4, 0.5) is 5.82 Å². The summed E-state index contributed by atoms with van der Waals surface area (Å²) in [6.07, 6.45) is 9.19. The van der Waals surface area contributed by atoms with Crippen LogP contribution in [0.2, 0.25) is 0 Å². The summed E-state index contributed by atoms with van der Waals surface area (Å²) >= 11 is 0. The van der Waals surface area contributed by atoms with E-state index >= 15 is 0 Å². The number of hydrogen-bond donors (Lipinski definition) is 2. The normalized spacial score (nSPS) is 23.0. The zero-order valence-corrected chi connectivity index (χ0v) is 11.3. The van der Waals surface area contributed by atoms with Crippen molar-refractivity contribution in [2.24, 2.45) is 11.8 Å². The Morgan fingerprint density at radius 3 is 2.68 bits per heavy atom. The van der Waals surface area contributed by atoms with E-state index in [-0.39, 0.29) is 5.69 Å². The number of carboxylic acids is 1. The first-order valence-corrected chi connectivity index (χ1v) is 6.95. The van der Waals surface area contributed by atoms with Crippen LogP contribution >= 0.6 is 0 Å². The minimum absolute atomic E-state index is 0.000216. The molecule has 1 aliphatic rings. The summed E-state index contributed by atoms with van der Waals surface area (Å²) in [6, 6.07) is 0. The number of carboxylic acid groups (broad SMARTS) is 1. The predicted octanol–water partition coefficient (Wildman–Crippen LogP) is 2.80. The molecule has 0 radical (unpaired) electrons. The molecular formula is C14H21N3O2. The quantitative estimate of drug-likeness (QED) is 0.854. The first-order valence-electron chi connectivity index (χ1n) is 6.95. The molecule has 0 amide bonds. The van der Waals surface area contributed by atoms with Crippen LogP contribution < -0.4 is 5.32 Å². The second kappa shape index (κ2) is 6.50. The highest BCUT2D eigenvalue weighted by Gasteiger charge is 2.18. The number of hydrogen-bond acceptors (Lipinski definition) is 4. The summed E-state index contributed by atoms with van der Waals surface area (Å²) in [6.45, 7) is 3.07. The van der Waals surface area contributed by atoms with Crippen molar-refractivity contribution in [2.45, 2.75) is 39.0 Å². The summed E-state index contributed by atoms with van der Waals surface area (Å²) in [7, 11) is 0. The van der Waals surface area contributed by atoms with E-state index in [1.807, 2.05) is 0 Å². The summed E-state index contributed by atoms with van der Waals surface area (Å²) < 4.78 is 0. The van der Waals surface area contributed by atoms with Gasteiger partial charge in [0.25, 0.3) is 0 Å². The fourth-order valence-electron chi connectivity index (χ4n) is 2.64. The van der Waals surface area contributed by atoms with Gasteiger partial charge in [-0.2, -0.15) is 0 Å². The molecule has 5 heteroatoms. The molecule has 0 saturated heterocycles. The lowest BCUT2D eigenvalue weighted by Crippen LogP contribution is -2.17. The second-order valence-corrected chi connectivity index (χ2v) is 5.40. The van der Waals surface area contributed by atoms with Gasteiger partial charge in [0.2, 0.25) is 0 Å². The van der Waals surface area contributed by atoms with E-state index in [2.05, 4.69) is 22.2 Å². The van der Waals surface area contributed by atoms with E-state index in [1.165, 1.54) is 38.1 Å².